The molecule has 1 aromatic carbocycles. The van der Waals surface area contributed by atoms with Crippen LogP contribution in [0.4, 0.5) is 0 Å². The van der Waals surface area contributed by atoms with Crippen molar-refractivity contribution in [2.75, 3.05) is 0 Å². The fourth-order valence-electron chi connectivity index (χ4n) is 3.81. The Bertz CT molecular complexity index is 795. The zero-order chi connectivity index (χ0) is 19.0. The Morgan fingerprint density at radius 1 is 0.923 bits per heavy atom. The molecule has 3 rings (SSSR count). The second-order valence-electron chi connectivity index (χ2n) is 9.47. The van der Waals surface area contributed by atoms with E-state index in [4.69, 9.17) is 4.98 Å². The molecule has 1 heterocycles. The molecule has 2 aromatic rings. The molecule has 1 saturated carbocycles. The lowest BCUT2D eigenvalue weighted by Crippen LogP contribution is -2.32. The summed E-state index contributed by atoms with van der Waals surface area (Å²) in [6.07, 6.45) is 7.10. The maximum atomic E-state index is 9.28. The van der Waals surface area contributed by atoms with E-state index in [1.807, 2.05) is 26.0 Å². The van der Waals surface area contributed by atoms with Gasteiger partial charge >= 0.3 is 0 Å². The summed E-state index contributed by atoms with van der Waals surface area (Å²) in [6.45, 7) is 11.0. The molecular weight excluding hydrogens is 316 g/mol. The van der Waals surface area contributed by atoms with E-state index in [1.165, 1.54) is 31.2 Å². The van der Waals surface area contributed by atoms with Crippen molar-refractivity contribution in [3.05, 3.63) is 53.7 Å². The average molecular weight is 347 g/mol. The Hall–Kier alpha value is -2.14. The van der Waals surface area contributed by atoms with Crippen LogP contribution in [0, 0.1) is 16.7 Å². The van der Waals surface area contributed by atoms with E-state index in [1.54, 1.807) is 0 Å². The molecule has 0 bridgehead atoms. The van der Waals surface area contributed by atoms with Crippen molar-refractivity contribution in [2.24, 2.45) is 5.41 Å². The van der Waals surface area contributed by atoms with Crippen LogP contribution in [0.1, 0.15) is 71.4 Å². The van der Waals surface area contributed by atoms with Gasteiger partial charge in [0.1, 0.15) is 0 Å². The Balaban J connectivity index is 1.79. The highest BCUT2D eigenvalue weighted by atomic mass is 14.7. The summed E-state index contributed by atoms with van der Waals surface area (Å²) in [7, 11) is 0. The van der Waals surface area contributed by atoms with Gasteiger partial charge in [-0.3, -0.25) is 4.98 Å². The van der Waals surface area contributed by atoms with Gasteiger partial charge in [0.2, 0.25) is 0 Å². The van der Waals surface area contributed by atoms with E-state index in [9.17, 15) is 5.26 Å². The van der Waals surface area contributed by atoms with E-state index >= 15 is 0 Å². The summed E-state index contributed by atoms with van der Waals surface area (Å²) in [6, 6.07) is 15.0. The van der Waals surface area contributed by atoms with Crippen molar-refractivity contribution in [1.82, 2.24) is 4.98 Å². The minimum Gasteiger partial charge on any atom is -0.256 e. The molecule has 0 radical (unpaired) electrons. The first kappa shape index (κ1) is 18.6. The molecule has 0 N–H and O–H groups in total. The van der Waals surface area contributed by atoms with Crippen LogP contribution in [0.25, 0.3) is 11.3 Å². The Kier molecular flexibility index (Phi) is 4.69. The van der Waals surface area contributed by atoms with Crippen molar-refractivity contribution in [2.45, 2.75) is 71.1 Å². The van der Waals surface area contributed by atoms with Gasteiger partial charge in [0.05, 0.1) is 17.2 Å². The van der Waals surface area contributed by atoms with E-state index < -0.39 is 5.41 Å². The number of aromatic nitrogens is 1. The maximum Gasteiger partial charge on any atom is 0.0766 e. The molecule has 0 saturated heterocycles. The Labute approximate surface area is 158 Å². The monoisotopic (exact) mass is 346 g/mol. The highest BCUT2D eigenvalue weighted by Gasteiger charge is 2.36. The largest absolute Gasteiger partial charge is 0.256 e. The molecule has 0 amide bonds. The van der Waals surface area contributed by atoms with Crippen molar-refractivity contribution < 1.29 is 0 Å². The zero-order valence-corrected chi connectivity index (χ0v) is 16.8. The standard InChI is InChI=1S/C24H30N2/c1-22(2)12-14-24(5,15-13-22)20-10-11-21(26-16-20)18-6-8-19(9-7-18)23(3,4)17-25/h6-11,16H,12-15H2,1-5H3. The number of rotatable bonds is 3. The quantitative estimate of drug-likeness (QED) is 0.644. The molecule has 2 heteroatoms. The molecule has 0 atom stereocenters. The van der Waals surface area contributed by atoms with Gasteiger partial charge < -0.3 is 0 Å². The van der Waals surface area contributed by atoms with Gasteiger partial charge in [-0.25, -0.2) is 0 Å². The first-order valence-electron chi connectivity index (χ1n) is 9.64. The number of hydrogen-bond donors (Lipinski definition) is 0. The Morgan fingerprint density at radius 2 is 1.54 bits per heavy atom. The smallest absolute Gasteiger partial charge is 0.0766 e. The minimum absolute atomic E-state index is 0.252. The highest BCUT2D eigenvalue weighted by Crippen LogP contribution is 2.46. The predicted octanol–water partition coefficient (Wildman–Crippen LogP) is 6.41. The van der Waals surface area contributed by atoms with Crippen LogP contribution >= 0.6 is 0 Å². The molecule has 1 aromatic heterocycles. The molecule has 26 heavy (non-hydrogen) atoms. The van der Waals surface area contributed by atoms with Crippen molar-refractivity contribution in [3.8, 4) is 17.3 Å². The lowest BCUT2D eigenvalue weighted by molar-refractivity contribution is 0.173. The summed E-state index contributed by atoms with van der Waals surface area (Å²) in [5.74, 6) is 0. The van der Waals surface area contributed by atoms with Crippen LogP contribution in [-0.2, 0) is 10.8 Å². The average Bonchev–Trinajstić information content (AvgIpc) is 2.65. The van der Waals surface area contributed by atoms with Gasteiger partial charge in [-0.15, -0.1) is 0 Å². The third kappa shape index (κ3) is 3.68. The minimum atomic E-state index is -0.459. The lowest BCUT2D eigenvalue weighted by atomic mass is 9.64. The number of benzene rings is 1. The van der Waals surface area contributed by atoms with Gasteiger partial charge in [0.25, 0.3) is 0 Å². The normalized spacial score (nSPS) is 18.9. The number of nitrogens with zero attached hydrogens (tertiary/aromatic N) is 2. The molecular formula is C24H30N2. The first-order valence-corrected chi connectivity index (χ1v) is 9.64. The van der Waals surface area contributed by atoms with E-state index in [-0.39, 0.29) is 5.41 Å². The number of pyridine rings is 1. The highest BCUT2D eigenvalue weighted by molar-refractivity contribution is 5.60. The van der Waals surface area contributed by atoms with Crippen molar-refractivity contribution in [3.63, 3.8) is 0 Å². The third-order valence-corrected chi connectivity index (χ3v) is 6.35. The van der Waals surface area contributed by atoms with Gasteiger partial charge in [-0.2, -0.15) is 5.26 Å². The molecule has 136 valence electrons. The fourth-order valence-corrected chi connectivity index (χ4v) is 3.81. The van der Waals surface area contributed by atoms with Crippen molar-refractivity contribution in [1.29, 1.82) is 5.26 Å². The summed E-state index contributed by atoms with van der Waals surface area (Å²) in [4.78, 5) is 4.75. The van der Waals surface area contributed by atoms with Crippen LogP contribution in [0.2, 0.25) is 0 Å². The molecule has 1 aliphatic rings. The topological polar surface area (TPSA) is 36.7 Å². The van der Waals surface area contributed by atoms with E-state index in [2.05, 4.69) is 57.3 Å². The molecule has 2 nitrogen and oxygen atoms in total. The first-order chi connectivity index (χ1) is 12.2. The molecule has 0 spiro atoms. The molecule has 0 aliphatic heterocycles. The van der Waals surface area contributed by atoms with Crippen LogP contribution in [0.5, 0.6) is 0 Å². The lowest BCUT2D eigenvalue weighted by Gasteiger charge is -2.41. The summed E-state index contributed by atoms with van der Waals surface area (Å²) in [5.41, 5.74) is 4.77. The van der Waals surface area contributed by atoms with Gasteiger partial charge in [-0.05, 0) is 67.6 Å². The number of hydrogen-bond acceptors (Lipinski definition) is 2. The van der Waals surface area contributed by atoms with Crippen LogP contribution in [0.15, 0.2) is 42.6 Å². The van der Waals surface area contributed by atoms with Gasteiger partial charge in [-0.1, -0.05) is 51.1 Å². The summed E-state index contributed by atoms with van der Waals surface area (Å²) < 4.78 is 0. The van der Waals surface area contributed by atoms with Crippen LogP contribution in [0.3, 0.4) is 0 Å². The van der Waals surface area contributed by atoms with Gasteiger partial charge in [0, 0.05) is 11.8 Å². The van der Waals surface area contributed by atoms with Crippen LogP contribution < -0.4 is 0 Å². The third-order valence-electron chi connectivity index (χ3n) is 6.35. The fraction of sp³-hybridized carbons (Fsp3) is 0.500. The van der Waals surface area contributed by atoms with Crippen molar-refractivity contribution >= 4 is 0 Å². The van der Waals surface area contributed by atoms with Gasteiger partial charge in [0.15, 0.2) is 0 Å². The Morgan fingerprint density at radius 3 is 2.04 bits per heavy atom. The molecule has 1 aliphatic carbocycles. The SMILES string of the molecule is CC1(C)CCC(C)(c2ccc(-c3ccc(C(C)(C)C#N)cc3)nc2)CC1. The maximum absolute atomic E-state index is 9.28. The molecule has 0 unspecified atom stereocenters. The number of nitriles is 1. The van der Waals surface area contributed by atoms with E-state index in [0.717, 1.165) is 16.8 Å². The predicted molar refractivity (Wildman–Crippen MR) is 108 cm³/mol. The van der Waals surface area contributed by atoms with Crippen LogP contribution in [-0.4, -0.2) is 4.98 Å². The molecule has 1 fully saturated rings. The zero-order valence-electron chi connectivity index (χ0n) is 16.8. The summed E-state index contributed by atoms with van der Waals surface area (Å²) in [5, 5.41) is 9.28. The second kappa shape index (κ2) is 6.54. The van der Waals surface area contributed by atoms with E-state index in [0.29, 0.717) is 5.41 Å². The second-order valence-corrected chi connectivity index (χ2v) is 9.47. The summed E-state index contributed by atoms with van der Waals surface area (Å²) >= 11 is 0.